The standard InChI is InChI=1S/C13H14S/c1-9-4-5-12(8-11(9)3)13-10(2)6-7-14-13/h4-8H,1-3H3. The molecule has 0 N–H and O–H groups in total. The predicted octanol–water partition coefficient (Wildman–Crippen LogP) is 4.34. The SMILES string of the molecule is Cc1ccc(-c2sccc2C)cc1C. The summed E-state index contributed by atoms with van der Waals surface area (Å²) in [5.41, 5.74) is 5.46. The van der Waals surface area contributed by atoms with Crippen LogP contribution in [-0.2, 0) is 0 Å². The molecular formula is C13H14S. The third-order valence-corrected chi connectivity index (χ3v) is 3.70. The van der Waals surface area contributed by atoms with E-state index in [-0.39, 0.29) is 0 Å². The molecule has 2 aromatic rings. The van der Waals surface area contributed by atoms with Crippen LogP contribution in [0.3, 0.4) is 0 Å². The summed E-state index contributed by atoms with van der Waals surface area (Å²) in [5.74, 6) is 0. The summed E-state index contributed by atoms with van der Waals surface area (Å²) in [6.45, 7) is 6.49. The highest BCUT2D eigenvalue weighted by Crippen LogP contribution is 2.29. The Morgan fingerprint density at radius 1 is 0.857 bits per heavy atom. The van der Waals surface area contributed by atoms with Gasteiger partial charge in [-0.3, -0.25) is 0 Å². The first kappa shape index (κ1) is 9.47. The van der Waals surface area contributed by atoms with Crippen molar-refractivity contribution in [3.8, 4) is 10.4 Å². The minimum absolute atomic E-state index is 1.35. The molecule has 0 radical (unpaired) electrons. The Morgan fingerprint density at radius 3 is 2.21 bits per heavy atom. The second kappa shape index (κ2) is 3.58. The van der Waals surface area contributed by atoms with Crippen molar-refractivity contribution in [1.29, 1.82) is 0 Å². The second-order valence-electron chi connectivity index (χ2n) is 3.73. The van der Waals surface area contributed by atoms with Gasteiger partial charge in [-0.05, 0) is 54.5 Å². The van der Waals surface area contributed by atoms with Crippen molar-refractivity contribution in [3.05, 3.63) is 46.3 Å². The zero-order chi connectivity index (χ0) is 10.1. The lowest BCUT2D eigenvalue weighted by Gasteiger charge is -2.04. The van der Waals surface area contributed by atoms with Crippen molar-refractivity contribution in [2.75, 3.05) is 0 Å². The van der Waals surface area contributed by atoms with Gasteiger partial charge in [-0.25, -0.2) is 0 Å². The van der Waals surface area contributed by atoms with Gasteiger partial charge >= 0.3 is 0 Å². The third-order valence-electron chi connectivity index (χ3n) is 2.63. The molecular weight excluding hydrogens is 188 g/mol. The van der Waals surface area contributed by atoms with E-state index >= 15 is 0 Å². The van der Waals surface area contributed by atoms with Crippen molar-refractivity contribution < 1.29 is 0 Å². The third kappa shape index (κ3) is 1.60. The summed E-state index contributed by atoms with van der Waals surface area (Å²) >= 11 is 1.82. The van der Waals surface area contributed by atoms with Crippen LogP contribution >= 0.6 is 11.3 Å². The van der Waals surface area contributed by atoms with Crippen molar-refractivity contribution in [2.24, 2.45) is 0 Å². The zero-order valence-corrected chi connectivity index (χ0v) is 9.61. The first-order chi connectivity index (χ1) is 6.68. The van der Waals surface area contributed by atoms with Gasteiger partial charge in [0.25, 0.3) is 0 Å². The van der Waals surface area contributed by atoms with Crippen LogP contribution in [0.15, 0.2) is 29.6 Å². The number of hydrogen-bond acceptors (Lipinski definition) is 1. The van der Waals surface area contributed by atoms with E-state index in [2.05, 4.69) is 50.4 Å². The van der Waals surface area contributed by atoms with E-state index in [1.54, 1.807) is 0 Å². The molecule has 0 bridgehead atoms. The highest BCUT2D eigenvalue weighted by atomic mass is 32.1. The maximum Gasteiger partial charge on any atom is 0.0371 e. The van der Waals surface area contributed by atoms with Crippen LogP contribution in [0.1, 0.15) is 16.7 Å². The maximum absolute atomic E-state index is 2.27. The normalized spacial score (nSPS) is 10.5. The zero-order valence-electron chi connectivity index (χ0n) is 8.79. The second-order valence-corrected chi connectivity index (χ2v) is 4.65. The molecule has 0 unspecified atom stereocenters. The summed E-state index contributed by atoms with van der Waals surface area (Å²) in [4.78, 5) is 1.40. The van der Waals surface area contributed by atoms with Crippen LogP contribution < -0.4 is 0 Å². The largest absolute Gasteiger partial charge is 0.144 e. The Kier molecular flexibility index (Phi) is 2.42. The lowest BCUT2D eigenvalue weighted by atomic mass is 10.0. The summed E-state index contributed by atoms with van der Waals surface area (Å²) < 4.78 is 0. The van der Waals surface area contributed by atoms with Gasteiger partial charge < -0.3 is 0 Å². The minimum atomic E-state index is 1.35. The van der Waals surface area contributed by atoms with Gasteiger partial charge in [0.2, 0.25) is 0 Å². The molecule has 1 aromatic carbocycles. The van der Waals surface area contributed by atoms with Crippen LogP contribution in [-0.4, -0.2) is 0 Å². The Hall–Kier alpha value is -1.08. The smallest absolute Gasteiger partial charge is 0.0371 e. The molecule has 0 saturated carbocycles. The Labute approximate surface area is 89.2 Å². The van der Waals surface area contributed by atoms with E-state index in [1.807, 2.05) is 11.3 Å². The molecule has 0 spiro atoms. The molecule has 0 saturated heterocycles. The molecule has 0 amide bonds. The summed E-state index contributed by atoms with van der Waals surface area (Å²) in [5, 5.41) is 2.15. The first-order valence-electron chi connectivity index (χ1n) is 4.80. The van der Waals surface area contributed by atoms with E-state index in [9.17, 15) is 0 Å². The molecule has 0 atom stereocenters. The highest BCUT2D eigenvalue weighted by molar-refractivity contribution is 7.13. The van der Waals surface area contributed by atoms with Gasteiger partial charge in [0, 0.05) is 4.88 Å². The van der Waals surface area contributed by atoms with Crippen LogP contribution in [0.4, 0.5) is 0 Å². The van der Waals surface area contributed by atoms with Gasteiger partial charge in [0.05, 0.1) is 0 Å². The fourth-order valence-corrected chi connectivity index (χ4v) is 2.48. The van der Waals surface area contributed by atoms with Crippen LogP contribution in [0.25, 0.3) is 10.4 Å². The molecule has 14 heavy (non-hydrogen) atoms. The molecule has 0 aliphatic heterocycles. The van der Waals surface area contributed by atoms with Crippen molar-refractivity contribution in [3.63, 3.8) is 0 Å². The average molecular weight is 202 g/mol. The van der Waals surface area contributed by atoms with Crippen LogP contribution in [0.5, 0.6) is 0 Å². The van der Waals surface area contributed by atoms with Crippen molar-refractivity contribution in [2.45, 2.75) is 20.8 Å². The van der Waals surface area contributed by atoms with Crippen LogP contribution in [0.2, 0.25) is 0 Å². The number of benzene rings is 1. The highest BCUT2D eigenvalue weighted by Gasteiger charge is 2.03. The monoisotopic (exact) mass is 202 g/mol. The number of hydrogen-bond donors (Lipinski definition) is 0. The topological polar surface area (TPSA) is 0 Å². The molecule has 0 aliphatic rings. The van der Waals surface area contributed by atoms with E-state index in [0.717, 1.165) is 0 Å². The quantitative estimate of drug-likeness (QED) is 0.645. The molecule has 0 fully saturated rings. The van der Waals surface area contributed by atoms with E-state index < -0.39 is 0 Å². The van der Waals surface area contributed by atoms with Gasteiger partial charge in [0.15, 0.2) is 0 Å². The summed E-state index contributed by atoms with van der Waals surface area (Å²) in [6, 6.07) is 8.86. The van der Waals surface area contributed by atoms with Crippen molar-refractivity contribution >= 4 is 11.3 Å². The first-order valence-corrected chi connectivity index (χ1v) is 5.68. The minimum Gasteiger partial charge on any atom is -0.144 e. The molecule has 0 aliphatic carbocycles. The Bertz CT molecular complexity index is 452. The average Bonchev–Trinajstić information content (AvgIpc) is 2.57. The molecule has 0 nitrogen and oxygen atoms in total. The van der Waals surface area contributed by atoms with E-state index in [1.165, 1.54) is 27.1 Å². The lowest BCUT2D eigenvalue weighted by molar-refractivity contribution is 1.34. The molecule has 2 rings (SSSR count). The molecule has 1 heterocycles. The van der Waals surface area contributed by atoms with E-state index in [0.29, 0.717) is 0 Å². The van der Waals surface area contributed by atoms with Gasteiger partial charge in [-0.15, -0.1) is 11.3 Å². The lowest BCUT2D eigenvalue weighted by Crippen LogP contribution is -1.82. The van der Waals surface area contributed by atoms with E-state index in [4.69, 9.17) is 0 Å². The number of rotatable bonds is 1. The molecule has 1 aromatic heterocycles. The number of aryl methyl sites for hydroxylation is 3. The van der Waals surface area contributed by atoms with Gasteiger partial charge in [-0.1, -0.05) is 18.2 Å². The Morgan fingerprint density at radius 2 is 1.64 bits per heavy atom. The van der Waals surface area contributed by atoms with Crippen LogP contribution in [0, 0.1) is 20.8 Å². The predicted molar refractivity (Wildman–Crippen MR) is 64.0 cm³/mol. The fourth-order valence-electron chi connectivity index (χ4n) is 1.55. The summed E-state index contributed by atoms with van der Waals surface area (Å²) in [6.07, 6.45) is 0. The molecule has 1 heteroatoms. The maximum atomic E-state index is 2.27. The van der Waals surface area contributed by atoms with Gasteiger partial charge in [-0.2, -0.15) is 0 Å². The Balaban J connectivity index is 2.53. The number of thiophene rings is 1. The fraction of sp³-hybridized carbons (Fsp3) is 0.231. The molecule has 72 valence electrons. The summed E-state index contributed by atoms with van der Waals surface area (Å²) in [7, 11) is 0. The van der Waals surface area contributed by atoms with Gasteiger partial charge in [0.1, 0.15) is 0 Å². The van der Waals surface area contributed by atoms with Crippen molar-refractivity contribution in [1.82, 2.24) is 0 Å².